The Balaban J connectivity index is 1.96. The van der Waals surface area contributed by atoms with Crippen LogP contribution in [0.25, 0.3) is 10.9 Å². The molecule has 8 heteroatoms. The third-order valence-corrected chi connectivity index (χ3v) is 4.27. The largest absolute Gasteiger partial charge is 0.398 e. The Kier molecular flexibility index (Phi) is 3.87. The van der Waals surface area contributed by atoms with E-state index in [1.54, 1.807) is 18.3 Å². The number of H-pyrrole nitrogens is 1. The van der Waals surface area contributed by atoms with Gasteiger partial charge in [0.2, 0.25) is 0 Å². The first-order valence-corrected chi connectivity index (χ1v) is 7.28. The molecule has 0 saturated carbocycles. The zero-order chi connectivity index (χ0) is 15.9. The van der Waals surface area contributed by atoms with Crippen LogP contribution in [0.3, 0.4) is 0 Å². The van der Waals surface area contributed by atoms with Gasteiger partial charge in [-0.15, -0.1) is 0 Å². The standard InChI is InChI=1S/C14H9Cl3N4O/c15-8-3-6(10(18)4-9(8)16)14(22)20-12-2-1-11-7(13(12)17)5-19-21-11/h1-5H,18H2,(H,19,21)(H,20,22). The summed E-state index contributed by atoms with van der Waals surface area (Å²) in [6.07, 6.45) is 1.58. The normalized spacial score (nSPS) is 10.9. The topological polar surface area (TPSA) is 83.8 Å². The van der Waals surface area contributed by atoms with E-state index in [1.165, 1.54) is 12.1 Å². The molecule has 2 aromatic carbocycles. The number of anilines is 2. The minimum absolute atomic E-state index is 0.220. The summed E-state index contributed by atoms with van der Waals surface area (Å²) in [5.74, 6) is -0.430. The lowest BCUT2D eigenvalue weighted by atomic mass is 10.1. The Hall–Kier alpha value is -1.95. The highest BCUT2D eigenvalue weighted by Gasteiger charge is 2.15. The maximum atomic E-state index is 12.4. The van der Waals surface area contributed by atoms with Gasteiger partial charge in [0.1, 0.15) is 0 Å². The van der Waals surface area contributed by atoms with Crippen molar-refractivity contribution in [3.8, 4) is 0 Å². The van der Waals surface area contributed by atoms with Gasteiger partial charge in [0.05, 0.1) is 38.0 Å². The van der Waals surface area contributed by atoms with E-state index in [-0.39, 0.29) is 21.3 Å². The van der Waals surface area contributed by atoms with Gasteiger partial charge in [0.15, 0.2) is 0 Å². The third-order valence-electron chi connectivity index (χ3n) is 3.14. The maximum Gasteiger partial charge on any atom is 0.257 e. The Morgan fingerprint density at radius 1 is 1.18 bits per heavy atom. The molecule has 0 radical (unpaired) electrons. The minimum atomic E-state index is -0.430. The molecule has 0 unspecified atom stereocenters. The van der Waals surface area contributed by atoms with Gasteiger partial charge in [-0.05, 0) is 24.3 Å². The number of nitrogens with one attached hydrogen (secondary N) is 2. The van der Waals surface area contributed by atoms with E-state index in [4.69, 9.17) is 40.5 Å². The molecule has 5 nitrogen and oxygen atoms in total. The lowest BCUT2D eigenvalue weighted by molar-refractivity contribution is 0.102. The smallest absolute Gasteiger partial charge is 0.257 e. The van der Waals surface area contributed by atoms with Crippen LogP contribution >= 0.6 is 34.8 Å². The fourth-order valence-corrected chi connectivity index (χ4v) is 2.62. The van der Waals surface area contributed by atoms with E-state index in [0.29, 0.717) is 16.1 Å². The molecule has 0 atom stereocenters. The molecule has 0 saturated heterocycles. The second-order valence-electron chi connectivity index (χ2n) is 4.57. The Morgan fingerprint density at radius 2 is 1.91 bits per heavy atom. The van der Waals surface area contributed by atoms with Crippen molar-refractivity contribution in [2.45, 2.75) is 0 Å². The lowest BCUT2D eigenvalue weighted by Gasteiger charge is -2.10. The molecule has 1 heterocycles. The number of rotatable bonds is 2. The summed E-state index contributed by atoms with van der Waals surface area (Å²) in [5, 5.41) is 11.0. The average Bonchev–Trinajstić information content (AvgIpc) is 2.95. The van der Waals surface area contributed by atoms with Crippen LogP contribution in [0.15, 0.2) is 30.5 Å². The Bertz CT molecular complexity index is 891. The summed E-state index contributed by atoms with van der Waals surface area (Å²) in [4.78, 5) is 12.4. The van der Waals surface area contributed by atoms with E-state index >= 15 is 0 Å². The number of nitrogens with zero attached hydrogens (tertiary/aromatic N) is 1. The average molecular weight is 356 g/mol. The number of nitrogens with two attached hydrogens (primary N) is 1. The molecule has 0 spiro atoms. The van der Waals surface area contributed by atoms with Gasteiger partial charge >= 0.3 is 0 Å². The van der Waals surface area contributed by atoms with Crippen LogP contribution < -0.4 is 11.1 Å². The molecule has 0 aliphatic carbocycles. The second kappa shape index (κ2) is 5.68. The van der Waals surface area contributed by atoms with Crippen LogP contribution in [0.2, 0.25) is 15.1 Å². The van der Waals surface area contributed by atoms with E-state index in [9.17, 15) is 4.79 Å². The first-order valence-electron chi connectivity index (χ1n) is 6.15. The van der Waals surface area contributed by atoms with Crippen LogP contribution in [0, 0.1) is 0 Å². The number of hydrogen-bond acceptors (Lipinski definition) is 3. The highest BCUT2D eigenvalue weighted by molar-refractivity contribution is 6.42. The fraction of sp³-hybridized carbons (Fsp3) is 0. The first-order chi connectivity index (χ1) is 10.5. The highest BCUT2D eigenvalue weighted by Crippen LogP contribution is 2.32. The van der Waals surface area contributed by atoms with Gasteiger partial charge in [0, 0.05) is 11.1 Å². The quantitative estimate of drug-likeness (QED) is 0.597. The predicted octanol–water partition coefficient (Wildman–Crippen LogP) is 4.36. The van der Waals surface area contributed by atoms with E-state index in [1.807, 2.05) is 0 Å². The molecule has 0 aliphatic rings. The molecule has 3 aromatic rings. The van der Waals surface area contributed by atoms with Crippen molar-refractivity contribution in [1.29, 1.82) is 0 Å². The van der Waals surface area contributed by atoms with Crippen LogP contribution in [0.5, 0.6) is 0 Å². The number of nitrogen functional groups attached to an aromatic ring is 1. The monoisotopic (exact) mass is 354 g/mol. The number of carbonyl (C=O) groups excluding carboxylic acids is 1. The minimum Gasteiger partial charge on any atom is -0.398 e. The number of aromatic amines is 1. The Morgan fingerprint density at radius 3 is 2.68 bits per heavy atom. The fourth-order valence-electron chi connectivity index (χ4n) is 2.03. The molecule has 1 amide bonds. The van der Waals surface area contributed by atoms with E-state index < -0.39 is 5.91 Å². The van der Waals surface area contributed by atoms with Gasteiger partial charge in [0.25, 0.3) is 5.91 Å². The molecule has 3 rings (SSSR count). The SMILES string of the molecule is Nc1cc(Cl)c(Cl)cc1C(=O)Nc1ccc2[nH]ncc2c1Cl. The first kappa shape index (κ1) is 15.0. The van der Waals surface area contributed by atoms with Crippen molar-refractivity contribution in [2.24, 2.45) is 0 Å². The molecule has 1 aromatic heterocycles. The Labute approximate surface area is 140 Å². The summed E-state index contributed by atoms with van der Waals surface area (Å²) in [6.45, 7) is 0. The summed E-state index contributed by atoms with van der Waals surface area (Å²) in [5.41, 5.74) is 7.48. The van der Waals surface area contributed by atoms with Gasteiger partial charge in [-0.1, -0.05) is 34.8 Å². The van der Waals surface area contributed by atoms with Crippen molar-refractivity contribution in [3.05, 3.63) is 51.1 Å². The molecule has 4 N–H and O–H groups in total. The van der Waals surface area contributed by atoms with Crippen LogP contribution in [-0.2, 0) is 0 Å². The number of benzene rings is 2. The van der Waals surface area contributed by atoms with E-state index in [0.717, 1.165) is 5.52 Å². The van der Waals surface area contributed by atoms with Crippen LogP contribution in [-0.4, -0.2) is 16.1 Å². The van der Waals surface area contributed by atoms with Crippen molar-refractivity contribution in [2.75, 3.05) is 11.1 Å². The van der Waals surface area contributed by atoms with Crippen LogP contribution in [0.4, 0.5) is 11.4 Å². The maximum absolute atomic E-state index is 12.4. The van der Waals surface area contributed by atoms with Crippen LogP contribution in [0.1, 0.15) is 10.4 Å². The zero-order valence-corrected chi connectivity index (χ0v) is 13.2. The molecule has 0 bridgehead atoms. The molecule has 0 aliphatic heterocycles. The number of carbonyl (C=O) groups is 1. The molecule has 0 fully saturated rings. The summed E-state index contributed by atoms with van der Waals surface area (Å²) < 4.78 is 0. The number of amides is 1. The summed E-state index contributed by atoms with van der Waals surface area (Å²) in [7, 11) is 0. The third kappa shape index (κ3) is 2.59. The summed E-state index contributed by atoms with van der Waals surface area (Å²) in [6, 6.07) is 6.29. The number of hydrogen-bond donors (Lipinski definition) is 3. The predicted molar refractivity (Wildman–Crippen MR) is 89.9 cm³/mol. The van der Waals surface area contributed by atoms with Crippen molar-refractivity contribution in [1.82, 2.24) is 10.2 Å². The lowest BCUT2D eigenvalue weighted by Crippen LogP contribution is -2.14. The van der Waals surface area contributed by atoms with Gasteiger partial charge < -0.3 is 11.1 Å². The second-order valence-corrected chi connectivity index (χ2v) is 5.76. The summed E-state index contributed by atoms with van der Waals surface area (Å²) >= 11 is 18.0. The van der Waals surface area contributed by atoms with Gasteiger partial charge in [-0.2, -0.15) is 5.10 Å². The number of fused-ring (bicyclic) bond motifs is 1. The zero-order valence-electron chi connectivity index (χ0n) is 11.0. The molecule has 112 valence electrons. The molecular weight excluding hydrogens is 347 g/mol. The van der Waals surface area contributed by atoms with Crippen molar-refractivity contribution in [3.63, 3.8) is 0 Å². The van der Waals surface area contributed by atoms with Gasteiger partial charge in [-0.25, -0.2) is 0 Å². The number of aromatic nitrogens is 2. The molecule has 22 heavy (non-hydrogen) atoms. The van der Waals surface area contributed by atoms with Crippen molar-refractivity contribution < 1.29 is 4.79 Å². The highest BCUT2D eigenvalue weighted by atomic mass is 35.5. The van der Waals surface area contributed by atoms with E-state index in [2.05, 4.69) is 15.5 Å². The van der Waals surface area contributed by atoms with Gasteiger partial charge in [-0.3, -0.25) is 9.89 Å². The number of halogens is 3. The molecular formula is C14H9Cl3N4O. The van der Waals surface area contributed by atoms with Crippen molar-refractivity contribution >= 4 is 63.0 Å².